The van der Waals surface area contributed by atoms with Crippen molar-refractivity contribution >= 4 is 26.9 Å². The van der Waals surface area contributed by atoms with Crippen LogP contribution in [-0.4, -0.2) is 26.5 Å². The van der Waals surface area contributed by atoms with Crippen molar-refractivity contribution in [2.24, 2.45) is 0 Å². The molecule has 0 aliphatic rings. The minimum absolute atomic E-state index is 0.164. The Morgan fingerprint density at radius 2 is 1.72 bits per heavy atom. The third-order valence-corrected chi connectivity index (χ3v) is 5.50. The summed E-state index contributed by atoms with van der Waals surface area (Å²) in [7, 11) is -2.42. The predicted octanol–water partition coefficient (Wildman–Crippen LogP) is 2.99. The van der Waals surface area contributed by atoms with E-state index in [0.29, 0.717) is 16.6 Å². The zero-order valence-corrected chi connectivity index (χ0v) is 14.6. The van der Waals surface area contributed by atoms with Gasteiger partial charge in [0, 0.05) is 16.6 Å². The molecule has 1 heterocycles. The molecule has 0 radical (unpaired) electrons. The molecular weight excluding hydrogens is 340 g/mol. The van der Waals surface area contributed by atoms with Crippen molar-refractivity contribution in [3.63, 3.8) is 0 Å². The molecule has 6 nitrogen and oxygen atoms in total. The molecule has 1 aromatic heterocycles. The second-order valence-corrected chi connectivity index (χ2v) is 7.32. The van der Waals surface area contributed by atoms with Crippen LogP contribution in [-0.2, 0) is 14.8 Å². The molecule has 0 saturated carbocycles. The van der Waals surface area contributed by atoms with Gasteiger partial charge in [-0.1, -0.05) is 36.4 Å². The van der Waals surface area contributed by atoms with Gasteiger partial charge in [0.15, 0.2) is 0 Å². The molecule has 3 aromatic rings. The number of aromatic amines is 1. The molecule has 0 saturated heterocycles. The van der Waals surface area contributed by atoms with Crippen molar-refractivity contribution in [2.45, 2.75) is 17.9 Å². The van der Waals surface area contributed by atoms with Gasteiger partial charge in [-0.25, -0.2) is 17.9 Å². The van der Waals surface area contributed by atoms with E-state index in [4.69, 9.17) is 4.74 Å². The van der Waals surface area contributed by atoms with E-state index in [2.05, 4.69) is 9.71 Å². The van der Waals surface area contributed by atoms with Crippen molar-refractivity contribution in [3.05, 3.63) is 65.9 Å². The Morgan fingerprint density at radius 3 is 2.40 bits per heavy atom. The fourth-order valence-corrected chi connectivity index (χ4v) is 4.00. The molecule has 7 heteroatoms. The summed E-state index contributed by atoms with van der Waals surface area (Å²) in [4.78, 5) is 15.5. The number of carbonyl (C=O) groups excluding carboxylic acids is 1. The molecule has 130 valence electrons. The first-order valence-electron chi connectivity index (χ1n) is 7.70. The number of nitrogens with one attached hydrogen (secondary N) is 2. The van der Waals surface area contributed by atoms with Crippen molar-refractivity contribution in [1.29, 1.82) is 0 Å². The number of ether oxygens (including phenoxy) is 1. The predicted molar refractivity (Wildman–Crippen MR) is 94.8 cm³/mol. The van der Waals surface area contributed by atoms with Gasteiger partial charge in [0.2, 0.25) is 10.0 Å². The molecule has 3 rings (SSSR count). The van der Waals surface area contributed by atoms with E-state index in [9.17, 15) is 13.2 Å². The third kappa shape index (κ3) is 3.29. The number of fused-ring (bicyclic) bond motifs is 1. The Morgan fingerprint density at radius 1 is 1.08 bits per heavy atom. The first-order valence-corrected chi connectivity index (χ1v) is 9.18. The van der Waals surface area contributed by atoms with Crippen LogP contribution >= 0.6 is 0 Å². The number of hydrogen-bond donors (Lipinski definition) is 2. The Kier molecular flexibility index (Phi) is 4.61. The highest BCUT2D eigenvalue weighted by Crippen LogP contribution is 2.28. The van der Waals surface area contributed by atoms with E-state index >= 15 is 0 Å². The summed E-state index contributed by atoms with van der Waals surface area (Å²) in [5, 5.41) is 0.690. The van der Waals surface area contributed by atoms with Gasteiger partial charge in [-0.3, -0.25) is 0 Å². The molecule has 2 aromatic carbocycles. The van der Waals surface area contributed by atoms with Crippen LogP contribution in [0.2, 0.25) is 0 Å². The highest BCUT2D eigenvalue weighted by atomic mass is 32.2. The zero-order chi connectivity index (χ0) is 18.0. The van der Waals surface area contributed by atoms with Gasteiger partial charge in [0.1, 0.15) is 0 Å². The Labute approximate surface area is 145 Å². The van der Waals surface area contributed by atoms with E-state index in [1.54, 1.807) is 31.2 Å². The number of rotatable bonds is 5. The molecular formula is C18H18N2O4S. The summed E-state index contributed by atoms with van der Waals surface area (Å²) in [5.41, 5.74) is 1.54. The minimum atomic E-state index is -3.72. The lowest BCUT2D eigenvalue weighted by molar-refractivity contribution is 0.0601. The molecule has 0 aliphatic carbocycles. The number of hydrogen-bond acceptors (Lipinski definition) is 4. The van der Waals surface area contributed by atoms with Gasteiger partial charge in [-0.05, 0) is 25.1 Å². The standard InChI is InChI=1S/C18H18N2O4S/c1-12(20-25(22,23)13-8-4-3-5-9-13)17-16(18(21)24-2)14-10-6-7-11-15(14)19-17/h3-12,19-20H,1-2H3/t12-/m0/s1. The highest BCUT2D eigenvalue weighted by Gasteiger charge is 2.26. The molecule has 0 aliphatic heterocycles. The Bertz CT molecular complexity index is 1010. The summed E-state index contributed by atoms with van der Waals surface area (Å²) >= 11 is 0. The van der Waals surface area contributed by atoms with Crippen molar-refractivity contribution in [2.75, 3.05) is 7.11 Å². The quantitative estimate of drug-likeness (QED) is 0.686. The van der Waals surface area contributed by atoms with Crippen LogP contribution in [0, 0.1) is 0 Å². The maximum absolute atomic E-state index is 12.5. The van der Waals surface area contributed by atoms with Crippen LogP contribution in [0.15, 0.2) is 59.5 Å². The lowest BCUT2D eigenvalue weighted by Crippen LogP contribution is -2.28. The smallest absolute Gasteiger partial charge is 0.340 e. The molecule has 0 unspecified atom stereocenters. The largest absolute Gasteiger partial charge is 0.465 e. The van der Waals surface area contributed by atoms with E-state index in [1.807, 2.05) is 18.2 Å². The summed E-state index contributed by atoms with van der Waals surface area (Å²) < 4.78 is 32.6. The van der Waals surface area contributed by atoms with Gasteiger partial charge in [-0.15, -0.1) is 0 Å². The van der Waals surface area contributed by atoms with Gasteiger partial charge in [-0.2, -0.15) is 0 Å². The molecule has 2 N–H and O–H groups in total. The van der Waals surface area contributed by atoms with E-state index in [1.165, 1.54) is 19.2 Å². The average molecular weight is 358 g/mol. The summed E-state index contributed by atoms with van der Waals surface area (Å²) in [6.07, 6.45) is 0. The number of methoxy groups -OCH3 is 1. The lowest BCUT2D eigenvalue weighted by Gasteiger charge is -2.15. The number of carbonyl (C=O) groups is 1. The Hall–Kier alpha value is -2.64. The summed E-state index contributed by atoms with van der Waals surface area (Å²) in [6, 6.07) is 14.7. The fourth-order valence-electron chi connectivity index (χ4n) is 2.77. The SMILES string of the molecule is COC(=O)c1c([C@H](C)NS(=O)(=O)c2ccccc2)[nH]c2ccccc12. The van der Waals surface area contributed by atoms with Crippen LogP contribution in [0.1, 0.15) is 29.0 Å². The molecule has 0 spiro atoms. The summed E-state index contributed by atoms with van der Waals surface area (Å²) in [6.45, 7) is 1.68. The van der Waals surface area contributed by atoms with Crippen LogP contribution in [0.4, 0.5) is 0 Å². The topological polar surface area (TPSA) is 88.3 Å². The Balaban J connectivity index is 2.03. The number of H-pyrrole nitrogens is 1. The molecule has 1 atom stereocenters. The van der Waals surface area contributed by atoms with Crippen molar-refractivity contribution in [1.82, 2.24) is 9.71 Å². The van der Waals surface area contributed by atoms with Crippen molar-refractivity contribution in [3.8, 4) is 0 Å². The maximum Gasteiger partial charge on any atom is 0.340 e. The van der Waals surface area contributed by atoms with Gasteiger partial charge in [0.25, 0.3) is 0 Å². The van der Waals surface area contributed by atoms with Gasteiger partial charge in [0.05, 0.1) is 23.6 Å². The molecule has 0 bridgehead atoms. The summed E-state index contributed by atoms with van der Waals surface area (Å²) in [5.74, 6) is -0.516. The van der Waals surface area contributed by atoms with Crippen LogP contribution in [0.25, 0.3) is 10.9 Å². The first kappa shape index (κ1) is 17.2. The second-order valence-electron chi connectivity index (χ2n) is 5.61. The van der Waals surface area contributed by atoms with Crippen LogP contribution < -0.4 is 4.72 Å². The van der Waals surface area contributed by atoms with Crippen LogP contribution in [0.3, 0.4) is 0 Å². The molecule has 0 fully saturated rings. The molecule has 25 heavy (non-hydrogen) atoms. The molecule has 0 amide bonds. The van der Waals surface area contributed by atoms with Crippen LogP contribution in [0.5, 0.6) is 0 Å². The number of aromatic nitrogens is 1. The number of esters is 1. The first-order chi connectivity index (χ1) is 11.9. The monoisotopic (exact) mass is 358 g/mol. The van der Waals surface area contributed by atoms with Crippen molar-refractivity contribution < 1.29 is 17.9 Å². The van der Waals surface area contributed by atoms with E-state index in [0.717, 1.165) is 5.52 Å². The van der Waals surface area contributed by atoms with Gasteiger partial charge >= 0.3 is 5.97 Å². The maximum atomic E-state index is 12.5. The zero-order valence-electron chi connectivity index (χ0n) is 13.8. The van der Waals surface area contributed by atoms with E-state index in [-0.39, 0.29) is 4.90 Å². The number of benzene rings is 2. The van der Waals surface area contributed by atoms with Gasteiger partial charge < -0.3 is 9.72 Å². The van der Waals surface area contributed by atoms with E-state index < -0.39 is 22.0 Å². The number of sulfonamides is 1. The average Bonchev–Trinajstić information content (AvgIpc) is 3.01. The second kappa shape index (κ2) is 6.70. The third-order valence-electron chi connectivity index (χ3n) is 3.94. The minimum Gasteiger partial charge on any atom is -0.465 e. The lowest BCUT2D eigenvalue weighted by atomic mass is 10.1. The highest BCUT2D eigenvalue weighted by molar-refractivity contribution is 7.89. The number of para-hydroxylation sites is 1. The normalized spacial score (nSPS) is 12.9. The fraction of sp³-hybridized carbons (Fsp3) is 0.167.